The topological polar surface area (TPSA) is 44.3 Å². The third-order valence-electron chi connectivity index (χ3n) is 3.17. The molecule has 0 aliphatic carbocycles. The quantitative estimate of drug-likeness (QED) is 0.540. The lowest BCUT2D eigenvalue weighted by molar-refractivity contribution is 0.166. The minimum absolute atomic E-state index is 0.609. The molecule has 3 N–H and O–H groups in total. The van der Waals surface area contributed by atoms with Gasteiger partial charge in [-0.2, -0.15) is 0 Å². The molecule has 2 aromatic rings. The Morgan fingerprint density at radius 3 is 2.56 bits per heavy atom. The molecule has 2 aromatic carbocycles. The van der Waals surface area contributed by atoms with Crippen molar-refractivity contribution in [3.8, 4) is 0 Å². The Labute approximate surface area is 108 Å². The molecule has 0 saturated carbocycles. The van der Waals surface area contributed by atoms with Crippen LogP contribution >= 0.6 is 0 Å². The van der Waals surface area contributed by atoms with Gasteiger partial charge in [0.15, 0.2) is 0 Å². The molecule has 0 unspecified atom stereocenters. The summed E-state index contributed by atoms with van der Waals surface area (Å²) in [7, 11) is 0. The number of hydroxylamine groups is 1. The van der Waals surface area contributed by atoms with Gasteiger partial charge >= 0.3 is 0 Å². The maximum atomic E-state index is 8.53. The van der Waals surface area contributed by atoms with E-state index >= 15 is 0 Å². The van der Waals surface area contributed by atoms with E-state index in [1.54, 1.807) is 0 Å². The predicted molar refractivity (Wildman–Crippen MR) is 76.2 cm³/mol. The highest BCUT2D eigenvalue weighted by atomic mass is 16.5. The van der Waals surface area contributed by atoms with Crippen LogP contribution in [0, 0.1) is 0 Å². The zero-order valence-corrected chi connectivity index (χ0v) is 10.7. The van der Waals surface area contributed by atoms with Crippen LogP contribution in [0.15, 0.2) is 36.4 Å². The van der Waals surface area contributed by atoms with Crippen molar-refractivity contribution in [1.82, 2.24) is 5.48 Å². The molecule has 0 aromatic heterocycles. The van der Waals surface area contributed by atoms with Gasteiger partial charge in [0.05, 0.1) is 0 Å². The number of anilines is 1. The smallest absolute Gasteiger partial charge is 0.0419 e. The van der Waals surface area contributed by atoms with Crippen LogP contribution in [0.2, 0.25) is 0 Å². The minimum Gasteiger partial charge on any atom is -0.384 e. The second kappa shape index (κ2) is 6.38. The molecule has 0 aliphatic heterocycles. The monoisotopic (exact) mass is 244 g/mol. The zero-order chi connectivity index (χ0) is 12.8. The van der Waals surface area contributed by atoms with E-state index in [0.29, 0.717) is 6.54 Å². The summed E-state index contributed by atoms with van der Waals surface area (Å²) in [5, 5.41) is 14.5. The third-order valence-corrected chi connectivity index (χ3v) is 3.17. The van der Waals surface area contributed by atoms with Crippen molar-refractivity contribution < 1.29 is 5.21 Å². The van der Waals surface area contributed by atoms with Crippen LogP contribution in [0.4, 0.5) is 5.69 Å². The van der Waals surface area contributed by atoms with Crippen LogP contribution in [0.3, 0.4) is 0 Å². The summed E-state index contributed by atoms with van der Waals surface area (Å²) in [5.74, 6) is 0. The van der Waals surface area contributed by atoms with Gasteiger partial charge in [-0.1, -0.05) is 37.3 Å². The average Bonchev–Trinajstić information content (AvgIpc) is 2.43. The minimum atomic E-state index is 0.609. The fraction of sp³-hybridized carbons (Fsp3) is 0.333. The highest BCUT2D eigenvalue weighted by molar-refractivity contribution is 5.95. The number of benzene rings is 2. The van der Waals surface area contributed by atoms with Gasteiger partial charge < -0.3 is 10.5 Å². The van der Waals surface area contributed by atoms with Crippen LogP contribution in [0.5, 0.6) is 0 Å². The van der Waals surface area contributed by atoms with E-state index in [0.717, 1.165) is 19.4 Å². The van der Waals surface area contributed by atoms with Crippen LogP contribution in [-0.2, 0) is 6.42 Å². The lowest BCUT2D eigenvalue weighted by atomic mass is 10.0. The lowest BCUT2D eigenvalue weighted by Crippen LogP contribution is -2.13. The molecule has 96 valence electrons. The average molecular weight is 244 g/mol. The Kier molecular flexibility index (Phi) is 4.56. The van der Waals surface area contributed by atoms with Crippen LogP contribution < -0.4 is 10.8 Å². The second-order valence-corrected chi connectivity index (χ2v) is 4.36. The molecule has 0 aliphatic rings. The Morgan fingerprint density at radius 1 is 1.00 bits per heavy atom. The molecule has 3 nitrogen and oxygen atoms in total. The maximum absolute atomic E-state index is 8.53. The summed E-state index contributed by atoms with van der Waals surface area (Å²) in [4.78, 5) is 0. The summed E-state index contributed by atoms with van der Waals surface area (Å²) < 4.78 is 0. The Bertz CT molecular complexity index is 511. The first kappa shape index (κ1) is 12.9. The fourth-order valence-corrected chi connectivity index (χ4v) is 2.23. The molecule has 18 heavy (non-hydrogen) atoms. The van der Waals surface area contributed by atoms with Crippen molar-refractivity contribution in [2.75, 3.05) is 18.4 Å². The molecule has 0 atom stereocenters. The van der Waals surface area contributed by atoms with Gasteiger partial charge in [0.2, 0.25) is 0 Å². The Balaban J connectivity index is 2.23. The summed E-state index contributed by atoms with van der Waals surface area (Å²) in [5.41, 5.74) is 4.72. The molecule has 2 rings (SSSR count). The van der Waals surface area contributed by atoms with Crippen molar-refractivity contribution in [3.05, 3.63) is 42.0 Å². The standard InChI is InChI=1S/C15H20N2O/c1-2-12-6-3-8-14-13(12)7-4-9-15(14)16-10-5-11-17-18/h3-4,6-9,16-18H,2,5,10-11H2,1H3. The number of hydrogen-bond donors (Lipinski definition) is 3. The van der Waals surface area contributed by atoms with Gasteiger partial charge in [0, 0.05) is 24.2 Å². The van der Waals surface area contributed by atoms with Gasteiger partial charge in [0.1, 0.15) is 0 Å². The first-order chi connectivity index (χ1) is 8.86. The summed E-state index contributed by atoms with van der Waals surface area (Å²) in [6.45, 7) is 3.64. The van der Waals surface area contributed by atoms with Crippen LogP contribution in [0.25, 0.3) is 10.8 Å². The predicted octanol–water partition coefficient (Wildman–Crippen LogP) is 3.18. The number of fused-ring (bicyclic) bond motifs is 1. The van der Waals surface area contributed by atoms with Crippen LogP contribution in [-0.4, -0.2) is 18.3 Å². The van der Waals surface area contributed by atoms with Gasteiger partial charge in [0.25, 0.3) is 0 Å². The number of nitrogens with one attached hydrogen (secondary N) is 2. The van der Waals surface area contributed by atoms with E-state index < -0.39 is 0 Å². The Morgan fingerprint density at radius 2 is 1.78 bits per heavy atom. The van der Waals surface area contributed by atoms with E-state index in [1.807, 2.05) is 0 Å². The molecule has 0 spiro atoms. The molecule has 0 fully saturated rings. The SMILES string of the molecule is CCc1cccc2c(NCCCNO)cccc12. The molecule has 0 radical (unpaired) electrons. The highest BCUT2D eigenvalue weighted by Crippen LogP contribution is 2.26. The summed E-state index contributed by atoms with van der Waals surface area (Å²) in [6, 6.07) is 12.8. The van der Waals surface area contributed by atoms with E-state index in [1.165, 1.54) is 22.0 Å². The van der Waals surface area contributed by atoms with Crippen molar-refractivity contribution in [3.63, 3.8) is 0 Å². The maximum Gasteiger partial charge on any atom is 0.0419 e. The van der Waals surface area contributed by atoms with Crippen molar-refractivity contribution in [1.29, 1.82) is 0 Å². The summed E-state index contributed by atoms with van der Waals surface area (Å²) >= 11 is 0. The van der Waals surface area contributed by atoms with Gasteiger partial charge in [-0.3, -0.25) is 0 Å². The van der Waals surface area contributed by atoms with Crippen molar-refractivity contribution >= 4 is 16.5 Å². The third kappa shape index (κ3) is 2.81. The number of hydrogen-bond acceptors (Lipinski definition) is 3. The first-order valence-corrected chi connectivity index (χ1v) is 6.48. The van der Waals surface area contributed by atoms with Gasteiger partial charge in [-0.05, 0) is 29.9 Å². The summed E-state index contributed by atoms with van der Waals surface area (Å²) in [6.07, 6.45) is 1.94. The van der Waals surface area contributed by atoms with Crippen LogP contribution in [0.1, 0.15) is 18.9 Å². The molecule has 0 heterocycles. The molecular weight excluding hydrogens is 224 g/mol. The van der Waals surface area contributed by atoms with E-state index in [-0.39, 0.29) is 0 Å². The van der Waals surface area contributed by atoms with E-state index in [4.69, 9.17) is 5.21 Å². The highest BCUT2D eigenvalue weighted by Gasteiger charge is 2.02. The zero-order valence-electron chi connectivity index (χ0n) is 10.7. The van der Waals surface area contributed by atoms with E-state index in [2.05, 4.69) is 54.1 Å². The number of rotatable bonds is 6. The molecule has 0 saturated heterocycles. The molecular formula is C15H20N2O. The van der Waals surface area contributed by atoms with Crippen molar-refractivity contribution in [2.24, 2.45) is 0 Å². The lowest BCUT2D eigenvalue weighted by Gasteiger charge is -2.11. The Hall–Kier alpha value is -1.58. The molecule has 3 heteroatoms. The van der Waals surface area contributed by atoms with E-state index in [9.17, 15) is 0 Å². The largest absolute Gasteiger partial charge is 0.384 e. The molecule has 0 bridgehead atoms. The van der Waals surface area contributed by atoms with Gasteiger partial charge in [-0.15, -0.1) is 0 Å². The normalized spacial score (nSPS) is 10.8. The number of aryl methyl sites for hydroxylation is 1. The van der Waals surface area contributed by atoms with Crippen molar-refractivity contribution in [2.45, 2.75) is 19.8 Å². The van der Waals surface area contributed by atoms with Gasteiger partial charge in [-0.25, -0.2) is 5.48 Å². The fourth-order valence-electron chi connectivity index (χ4n) is 2.23. The second-order valence-electron chi connectivity index (χ2n) is 4.36. The first-order valence-electron chi connectivity index (χ1n) is 6.48. The molecule has 0 amide bonds.